The predicted octanol–water partition coefficient (Wildman–Crippen LogP) is 4.55. The van der Waals surface area contributed by atoms with Crippen LogP contribution in [0.5, 0.6) is 0 Å². The molecule has 0 aliphatic heterocycles. The van der Waals surface area contributed by atoms with Crippen LogP contribution in [0.3, 0.4) is 0 Å². The van der Waals surface area contributed by atoms with E-state index in [0.717, 1.165) is 23.2 Å². The van der Waals surface area contributed by atoms with Gasteiger partial charge in [0.05, 0.1) is 5.52 Å². The number of hydrogen-bond acceptors (Lipinski definition) is 3. The fraction of sp³-hybridized carbons (Fsp3) is 0.222. The first-order valence-electron chi connectivity index (χ1n) is 7.64. The van der Waals surface area contributed by atoms with Crippen molar-refractivity contribution in [3.8, 4) is 0 Å². The van der Waals surface area contributed by atoms with Crippen molar-refractivity contribution < 1.29 is 9.21 Å². The van der Waals surface area contributed by atoms with Gasteiger partial charge in [0, 0.05) is 18.7 Å². The highest BCUT2D eigenvalue weighted by Gasteiger charge is 2.08. The van der Waals surface area contributed by atoms with Gasteiger partial charge in [0.2, 0.25) is 5.91 Å². The summed E-state index contributed by atoms with van der Waals surface area (Å²) < 4.78 is 7.37. The monoisotopic (exact) mass is 326 g/mol. The van der Waals surface area contributed by atoms with Gasteiger partial charge in [0.15, 0.2) is 5.58 Å². The molecule has 118 valence electrons. The number of aryl methyl sites for hydroxylation is 2. The fourth-order valence-electron chi connectivity index (χ4n) is 2.49. The zero-order chi connectivity index (χ0) is 16.2. The molecule has 0 bridgehead atoms. The summed E-state index contributed by atoms with van der Waals surface area (Å²) in [5, 5.41) is 2.91. The fourth-order valence-corrected chi connectivity index (χ4v) is 2.77. The molecule has 2 aromatic carbocycles. The van der Waals surface area contributed by atoms with Crippen molar-refractivity contribution in [2.75, 3.05) is 5.32 Å². The first-order valence-corrected chi connectivity index (χ1v) is 8.05. The lowest BCUT2D eigenvalue weighted by Crippen LogP contribution is -2.14. The molecule has 1 amide bonds. The molecule has 0 atom stereocenters. The highest BCUT2D eigenvalue weighted by Crippen LogP contribution is 2.17. The summed E-state index contributed by atoms with van der Waals surface area (Å²) in [6.07, 6.45) is 1.33. The maximum Gasteiger partial charge on any atom is 0.269 e. The molecule has 0 aliphatic carbocycles. The van der Waals surface area contributed by atoms with Gasteiger partial charge in [-0.05, 0) is 48.5 Å². The molecule has 5 heteroatoms. The van der Waals surface area contributed by atoms with Crippen molar-refractivity contribution in [3.05, 3.63) is 58.9 Å². The maximum absolute atomic E-state index is 12.1. The van der Waals surface area contributed by atoms with Crippen LogP contribution >= 0.6 is 12.2 Å². The highest BCUT2D eigenvalue weighted by molar-refractivity contribution is 7.71. The number of oxazole rings is 1. The summed E-state index contributed by atoms with van der Waals surface area (Å²) in [4.78, 5) is 12.5. The molecule has 1 N–H and O–H groups in total. The Morgan fingerprint density at radius 3 is 2.65 bits per heavy atom. The molecular weight excluding hydrogens is 308 g/mol. The van der Waals surface area contributed by atoms with Crippen molar-refractivity contribution in [2.24, 2.45) is 0 Å². The number of carbonyl (C=O) groups excluding carboxylic acids is 1. The molecular formula is C18H18N2O2S. The molecule has 0 radical (unpaired) electrons. The molecule has 0 saturated heterocycles. The van der Waals surface area contributed by atoms with Gasteiger partial charge in [0.25, 0.3) is 4.84 Å². The van der Waals surface area contributed by atoms with E-state index in [0.29, 0.717) is 17.8 Å². The van der Waals surface area contributed by atoms with Crippen molar-refractivity contribution in [1.82, 2.24) is 4.57 Å². The summed E-state index contributed by atoms with van der Waals surface area (Å²) >= 11 is 5.23. The van der Waals surface area contributed by atoms with Gasteiger partial charge in [-0.2, -0.15) is 0 Å². The topological polar surface area (TPSA) is 47.2 Å². The number of benzene rings is 2. The Hall–Kier alpha value is -2.40. The third-order valence-corrected chi connectivity index (χ3v) is 4.09. The minimum Gasteiger partial charge on any atom is -0.429 e. The third-order valence-electron chi connectivity index (χ3n) is 3.78. The highest BCUT2D eigenvalue weighted by atomic mass is 32.1. The van der Waals surface area contributed by atoms with Crippen LogP contribution in [0.4, 0.5) is 5.69 Å². The van der Waals surface area contributed by atoms with Crippen LogP contribution in [0.1, 0.15) is 18.9 Å². The molecule has 23 heavy (non-hydrogen) atoms. The predicted molar refractivity (Wildman–Crippen MR) is 94.1 cm³/mol. The Morgan fingerprint density at radius 1 is 1.17 bits per heavy atom. The number of amides is 1. The van der Waals surface area contributed by atoms with Crippen molar-refractivity contribution in [3.63, 3.8) is 0 Å². The van der Waals surface area contributed by atoms with Gasteiger partial charge >= 0.3 is 0 Å². The van der Waals surface area contributed by atoms with E-state index >= 15 is 0 Å². The van der Waals surface area contributed by atoms with E-state index in [1.165, 1.54) is 5.56 Å². The second-order valence-electron chi connectivity index (χ2n) is 5.34. The largest absolute Gasteiger partial charge is 0.429 e. The summed E-state index contributed by atoms with van der Waals surface area (Å²) in [6, 6.07) is 15.5. The normalized spacial score (nSPS) is 10.8. The van der Waals surface area contributed by atoms with E-state index < -0.39 is 0 Å². The molecule has 1 aromatic heterocycles. The molecule has 3 rings (SSSR count). The molecule has 0 spiro atoms. The number of para-hydroxylation sites is 2. The van der Waals surface area contributed by atoms with Crippen LogP contribution in [0, 0.1) is 4.84 Å². The number of hydrogen-bond donors (Lipinski definition) is 1. The first kappa shape index (κ1) is 15.5. The van der Waals surface area contributed by atoms with E-state index in [4.69, 9.17) is 16.6 Å². The Morgan fingerprint density at radius 2 is 1.91 bits per heavy atom. The zero-order valence-corrected chi connectivity index (χ0v) is 13.7. The van der Waals surface area contributed by atoms with Gasteiger partial charge in [-0.3, -0.25) is 9.36 Å². The molecule has 1 heterocycles. The quantitative estimate of drug-likeness (QED) is 0.699. The van der Waals surface area contributed by atoms with Gasteiger partial charge in [0.1, 0.15) is 0 Å². The lowest BCUT2D eigenvalue weighted by molar-refractivity contribution is -0.116. The van der Waals surface area contributed by atoms with E-state index in [2.05, 4.69) is 12.2 Å². The molecule has 0 unspecified atom stereocenters. The summed E-state index contributed by atoms with van der Waals surface area (Å²) in [6.45, 7) is 2.60. The summed E-state index contributed by atoms with van der Waals surface area (Å²) in [5.74, 6) is -0.0403. The van der Waals surface area contributed by atoms with Gasteiger partial charge in [-0.25, -0.2) is 0 Å². The van der Waals surface area contributed by atoms with Crippen LogP contribution < -0.4 is 5.32 Å². The molecule has 4 nitrogen and oxygen atoms in total. The first-order chi connectivity index (χ1) is 11.2. The van der Waals surface area contributed by atoms with E-state index in [1.54, 1.807) is 0 Å². The average molecular weight is 326 g/mol. The number of nitrogens with one attached hydrogen (secondary N) is 1. The number of rotatable bonds is 5. The lowest BCUT2D eigenvalue weighted by atomic mass is 10.1. The minimum atomic E-state index is -0.0403. The van der Waals surface area contributed by atoms with Crippen molar-refractivity contribution >= 4 is 34.9 Å². The molecule has 3 aromatic rings. The Labute approximate surface area is 139 Å². The number of carbonyl (C=O) groups is 1. The van der Waals surface area contributed by atoms with Crippen LogP contribution in [0.2, 0.25) is 0 Å². The lowest BCUT2D eigenvalue weighted by Gasteiger charge is -2.07. The Kier molecular flexibility index (Phi) is 4.57. The van der Waals surface area contributed by atoms with Gasteiger partial charge < -0.3 is 9.73 Å². The standard InChI is InChI=1S/C18H18N2O2S/c1-2-13-7-9-14(10-8-13)19-17(21)11-12-20-15-5-3-4-6-16(15)22-18(20)23/h3-10H,2,11-12H2,1H3,(H,19,21). The Balaban J connectivity index is 1.66. The van der Waals surface area contributed by atoms with E-state index in [9.17, 15) is 4.79 Å². The second kappa shape index (κ2) is 6.79. The van der Waals surface area contributed by atoms with Gasteiger partial charge in [-0.15, -0.1) is 0 Å². The Bertz CT molecular complexity index is 878. The molecule has 0 aliphatic rings. The van der Waals surface area contributed by atoms with E-state index in [-0.39, 0.29) is 5.91 Å². The summed E-state index contributed by atoms with van der Waals surface area (Å²) in [5.41, 5.74) is 3.72. The number of anilines is 1. The minimum absolute atomic E-state index is 0.0403. The zero-order valence-electron chi connectivity index (χ0n) is 12.9. The number of nitrogens with zero attached hydrogens (tertiary/aromatic N) is 1. The SMILES string of the molecule is CCc1ccc(NC(=O)CCn2c(=S)oc3ccccc32)cc1. The molecule has 0 fully saturated rings. The van der Waals surface area contributed by atoms with Gasteiger partial charge in [-0.1, -0.05) is 31.2 Å². The third kappa shape index (κ3) is 3.51. The molecule has 0 saturated carbocycles. The van der Waals surface area contributed by atoms with Crippen LogP contribution in [0.25, 0.3) is 11.1 Å². The van der Waals surface area contributed by atoms with E-state index in [1.807, 2.05) is 53.1 Å². The maximum atomic E-state index is 12.1. The van der Waals surface area contributed by atoms with Crippen LogP contribution in [-0.4, -0.2) is 10.5 Å². The summed E-state index contributed by atoms with van der Waals surface area (Å²) in [7, 11) is 0. The van der Waals surface area contributed by atoms with Crippen molar-refractivity contribution in [1.29, 1.82) is 0 Å². The van der Waals surface area contributed by atoms with Crippen LogP contribution in [-0.2, 0) is 17.8 Å². The number of aromatic nitrogens is 1. The van der Waals surface area contributed by atoms with Crippen molar-refractivity contribution in [2.45, 2.75) is 26.3 Å². The van der Waals surface area contributed by atoms with Crippen LogP contribution in [0.15, 0.2) is 52.9 Å². The smallest absolute Gasteiger partial charge is 0.269 e. The number of fused-ring (bicyclic) bond motifs is 1. The average Bonchev–Trinajstić information content (AvgIpc) is 2.89. The second-order valence-corrected chi connectivity index (χ2v) is 5.69.